The van der Waals surface area contributed by atoms with Crippen molar-refractivity contribution in [1.82, 2.24) is 10.3 Å². The van der Waals surface area contributed by atoms with Gasteiger partial charge in [0.15, 0.2) is 0 Å². The summed E-state index contributed by atoms with van der Waals surface area (Å²) in [6.45, 7) is 2.57. The standard InChI is InChI=1S/C12H17ClN2OS/c1-9-15-10(6-17-9)11(16)14-8-12(7-13)4-2-3-5-12/h6H,2-5,7-8H2,1H3,(H,14,16). The van der Waals surface area contributed by atoms with Crippen LogP contribution >= 0.6 is 22.9 Å². The summed E-state index contributed by atoms with van der Waals surface area (Å²) in [4.78, 5) is 16.0. The van der Waals surface area contributed by atoms with Crippen molar-refractivity contribution in [2.24, 2.45) is 5.41 Å². The van der Waals surface area contributed by atoms with Gasteiger partial charge in [-0.3, -0.25) is 4.79 Å². The van der Waals surface area contributed by atoms with E-state index < -0.39 is 0 Å². The van der Waals surface area contributed by atoms with Crippen molar-refractivity contribution in [3.63, 3.8) is 0 Å². The molecule has 1 fully saturated rings. The molecule has 0 unspecified atom stereocenters. The van der Waals surface area contributed by atoms with Crippen LogP contribution in [0, 0.1) is 12.3 Å². The van der Waals surface area contributed by atoms with E-state index >= 15 is 0 Å². The van der Waals surface area contributed by atoms with Crippen molar-refractivity contribution in [1.29, 1.82) is 0 Å². The molecule has 0 bridgehead atoms. The highest BCUT2D eigenvalue weighted by Crippen LogP contribution is 2.38. The van der Waals surface area contributed by atoms with E-state index in [9.17, 15) is 4.79 Å². The van der Waals surface area contributed by atoms with Crippen LogP contribution in [0.3, 0.4) is 0 Å². The molecule has 1 aliphatic carbocycles. The van der Waals surface area contributed by atoms with Gasteiger partial charge in [0.25, 0.3) is 5.91 Å². The number of hydrogen-bond acceptors (Lipinski definition) is 3. The van der Waals surface area contributed by atoms with Crippen molar-refractivity contribution in [3.8, 4) is 0 Å². The van der Waals surface area contributed by atoms with E-state index in [0.29, 0.717) is 18.1 Å². The second-order valence-electron chi connectivity index (χ2n) is 4.78. The molecule has 0 radical (unpaired) electrons. The van der Waals surface area contributed by atoms with Gasteiger partial charge in [-0.15, -0.1) is 22.9 Å². The van der Waals surface area contributed by atoms with E-state index in [1.165, 1.54) is 24.2 Å². The molecule has 17 heavy (non-hydrogen) atoms. The van der Waals surface area contributed by atoms with Crippen LogP contribution in [0.15, 0.2) is 5.38 Å². The number of carbonyl (C=O) groups is 1. The van der Waals surface area contributed by atoms with Crippen molar-refractivity contribution >= 4 is 28.8 Å². The predicted molar refractivity (Wildman–Crippen MR) is 70.8 cm³/mol. The number of aryl methyl sites for hydroxylation is 1. The Balaban J connectivity index is 1.91. The molecule has 1 aliphatic rings. The molecule has 1 N–H and O–H groups in total. The number of hydrogen-bond donors (Lipinski definition) is 1. The molecule has 1 amide bonds. The zero-order valence-corrected chi connectivity index (χ0v) is 11.5. The number of amides is 1. The number of rotatable bonds is 4. The monoisotopic (exact) mass is 272 g/mol. The molecule has 0 spiro atoms. The summed E-state index contributed by atoms with van der Waals surface area (Å²) in [6, 6.07) is 0. The van der Waals surface area contributed by atoms with Gasteiger partial charge in [-0.05, 0) is 19.8 Å². The fourth-order valence-corrected chi connectivity index (χ4v) is 3.26. The first-order valence-corrected chi connectivity index (χ1v) is 7.33. The minimum absolute atomic E-state index is 0.0780. The van der Waals surface area contributed by atoms with Crippen molar-refractivity contribution in [2.45, 2.75) is 32.6 Å². The van der Waals surface area contributed by atoms with Gasteiger partial charge in [0.1, 0.15) is 5.69 Å². The van der Waals surface area contributed by atoms with Gasteiger partial charge < -0.3 is 5.32 Å². The van der Waals surface area contributed by atoms with E-state index in [1.807, 2.05) is 6.92 Å². The van der Waals surface area contributed by atoms with Crippen LogP contribution in [-0.4, -0.2) is 23.3 Å². The van der Waals surface area contributed by atoms with Gasteiger partial charge in [0.05, 0.1) is 5.01 Å². The molecular weight excluding hydrogens is 256 g/mol. The third-order valence-electron chi connectivity index (χ3n) is 3.42. The minimum Gasteiger partial charge on any atom is -0.350 e. The summed E-state index contributed by atoms with van der Waals surface area (Å²) in [5, 5.41) is 5.68. The topological polar surface area (TPSA) is 42.0 Å². The molecule has 1 heterocycles. The molecule has 94 valence electrons. The molecular formula is C12H17ClN2OS. The van der Waals surface area contributed by atoms with Crippen LogP contribution in [-0.2, 0) is 0 Å². The van der Waals surface area contributed by atoms with E-state index in [1.54, 1.807) is 5.38 Å². The van der Waals surface area contributed by atoms with E-state index in [2.05, 4.69) is 10.3 Å². The largest absolute Gasteiger partial charge is 0.350 e. The second kappa shape index (κ2) is 5.36. The maximum Gasteiger partial charge on any atom is 0.270 e. The highest BCUT2D eigenvalue weighted by Gasteiger charge is 2.33. The molecule has 1 aromatic heterocycles. The van der Waals surface area contributed by atoms with Gasteiger partial charge in [-0.25, -0.2) is 4.98 Å². The number of halogens is 1. The van der Waals surface area contributed by atoms with Gasteiger partial charge in [0.2, 0.25) is 0 Å². The maximum atomic E-state index is 11.9. The lowest BCUT2D eigenvalue weighted by Crippen LogP contribution is -2.37. The number of carbonyl (C=O) groups excluding carboxylic acids is 1. The lowest BCUT2D eigenvalue weighted by atomic mass is 9.88. The molecule has 1 aromatic rings. The lowest BCUT2D eigenvalue weighted by molar-refractivity contribution is 0.0930. The van der Waals surface area contributed by atoms with Crippen molar-refractivity contribution < 1.29 is 4.79 Å². The smallest absolute Gasteiger partial charge is 0.270 e. The Morgan fingerprint density at radius 2 is 2.29 bits per heavy atom. The predicted octanol–water partition coefficient (Wildman–Crippen LogP) is 2.98. The molecule has 5 heteroatoms. The normalized spacial score (nSPS) is 18.2. The summed E-state index contributed by atoms with van der Waals surface area (Å²) in [5.74, 6) is 0.550. The minimum atomic E-state index is -0.0780. The molecule has 1 saturated carbocycles. The first-order valence-electron chi connectivity index (χ1n) is 5.91. The van der Waals surface area contributed by atoms with Gasteiger partial charge >= 0.3 is 0 Å². The summed E-state index contributed by atoms with van der Waals surface area (Å²) in [6.07, 6.45) is 4.68. The fourth-order valence-electron chi connectivity index (χ4n) is 2.31. The molecule has 0 saturated heterocycles. The first kappa shape index (κ1) is 12.8. The summed E-state index contributed by atoms with van der Waals surface area (Å²) >= 11 is 7.53. The van der Waals surface area contributed by atoms with Gasteiger partial charge in [0, 0.05) is 23.2 Å². The zero-order valence-electron chi connectivity index (χ0n) is 9.96. The van der Waals surface area contributed by atoms with Crippen LogP contribution in [0.1, 0.15) is 41.2 Å². The summed E-state index contributed by atoms with van der Waals surface area (Å²) in [7, 11) is 0. The number of nitrogens with zero attached hydrogens (tertiary/aromatic N) is 1. The maximum absolute atomic E-state index is 11.9. The molecule has 2 rings (SSSR count). The quantitative estimate of drug-likeness (QED) is 0.856. The Labute approximate surface area is 111 Å². The Kier molecular flexibility index (Phi) is 4.05. The Bertz CT molecular complexity index is 399. The number of alkyl halides is 1. The Morgan fingerprint density at radius 3 is 2.82 bits per heavy atom. The fraction of sp³-hybridized carbons (Fsp3) is 0.667. The SMILES string of the molecule is Cc1nc(C(=O)NCC2(CCl)CCCC2)cs1. The number of aromatic nitrogens is 1. The third-order valence-corrected chi connectivity index (χ3v) is 4.76. The van der Waals surface area contributed by atoms with Crippen molar-refractivity contribution in [2.75, 3.05) is 12.4 Å². The van der Waals surface area contributed by atoms with Gasteiger partial charge in [-0.1, -0.05) is 12.8 Å². The van der Waals surface area contributed by atoms with E-state index in [0.717, 1.165) is 17.8 Å². The Morgan fingerprint density at radius 1 is 1.59 bits per heavy atom. The van der Waals surface area contributed by atoms with Crippen LogP contribution in [0.25, 0.3) is 0 Å². The van der Waals surface area contributed by atoms with Gasteiger partial charge in [-0.2, -0.15) is 0 Å². The van der Waals surface area contributed by atoms with Crippen LogP contribution < -0.4 is 5.32 Å². The lowest BCUT2D eigenvalue weighted by Gasteiger charge is -2.26. The summed E-state index contributed by atoms with van der Waals surface area (Å²) < 4.78 is 0. The number of nitrogens with one attached hydrogen (secondary N) is 1. The Hall–Kier alpha value is -0.610. The molecule has 0 atom stereocenters. The van der Waals surface area contributed by atoms with Crippen LogP contribution in [0.2, 0.25) is 0 Å². The third kappa shape index (κ3) is 2.99. The zero-order chi connectivity index (χ0) is 12.3. The van der Waals surface area contributed by atoms with E-state index in [4.69, 9.17) is 11.6 Å². The van der Waals surface area contributed by atoms with E-state index in [-0.39, 0.29) is 11.3 Å². The molecule has 0 aliphatic heterocycles. The van der Waals surface area contributed by atoms with Crippen LogP contribution in [0.4, 0.5) is 0 Å². The van der Waals surface area contributed by atoms with Crippen LogP contribution in [0.5, 0.6) is 0 Å². The number of thiazole rings is 1. The summed E-state index contributed by atoms with van der Waals surface area (Å²) in [5.41, 5.74) is 0.637. The molecule has 3 nitrogen and oxygen atoms in total. The van der Waals surface area contributed by atoms with Crippen molar-refractivity contribution in [3.05, 3.63) is 16.1 Å². The molecule has 0 aromatic carbocycles. The average Bonchev–Trinajstić information content (AvgIpc) is 2.95. The highest BCUT2D eigenvalue weighted by molar-refractivity contribution is 7.09. The first-order chi connectivity index (χ1) is 8.15. The second-order valence-corrected chi connectivity index (χ2v) is 6.10. The highest BCUT2D eigenvalue weighted by atomic mass is 35.5. The average molecular weight is 273 g/mol.